The number of Topliss-reactive ketones (excluding diaryl/α,β-unsaturated/α-hetero) is 1. The van der Waals surface area contributed by atoms with Gasteiger partial charge in [-0.1, -0.05) is 6.92 Å². The van der Waals surface area contributed by atoms with Crippen molar-refractivity contribution in [2.45, 2.75) is 19.8 Å². The maximum Gasteiger partial charge on any atom is 0.221 e. The van der Waals surface area contributed by atoms with Crippen molar-refractivity contribution in [1.29, 1.82) is 0 Å². The van der Waals surface area contributed by atoms with Crippen molar-refractivity contribution < 1.29 is 9.59 Å². The second-order valence-corrected chi connectivity index (χ2v) is 3.05. The van der Waals surface area contributed by atoms with E-state index in [-0.39, 0.29) is 11.7 Å². The fourth-order valence-electron chi connectivity index (χ4n) is 0.909. The molecule has 0 unspecified atom stereocenters. The molecule has 0 fully saturated rings. The zero-order chi connectivity index (χ0) is 10.3. The standard InChI is InChI=1S/C9H18N2O2/c1-4-8(12)7-11(3)6-5-9(13)10-2/h4-7H2,1-3H3,(H,10,13). The maximum absolute atomic E-state index is 11.0. The third-order valence-electron chi connectivity index (χ3n) is 1.84. The van der Waals surface area contributed by atoms with Crippen molar-refractivity contribution in [3.63, 3.8) is 0 Å². The lowest BCUT2D eigenvalue weighted by molar-refractivity contribution is -0.122. The van der Waals surface area contributed by atoms with E-state index in [9.17, 15) is 9.59 Å². The van der Waals surface area contributed by atoms with Crippen LogP contribution in [0, 0.1) is 0 Å². The Morgan fingerprint density at radius 3 is 2.46 bits per heavy atom. The van der Waals surface area contributed by atoms with E-state index in [4.69, 9.17) is 0 Å². The minimum atomic E-state index is 0.01000. The molecule has 0 aromatic rings. The number of nitrogens with one attached hydrogen (secondary N) is 1. The summed E-state index contributed by atoms with van der Waals surface area (Å²) >= 11 is 0. The average molecular weight is 186 g/mol. The summed E-state index contributed by atoms with van der Waals surface area (Å²) in [5, 5.41) is 2.54. The first-order valence-electron chi connectivity index (χ1n) is 4.51. The highest BCUT2D eigenvalue weighted by molar-refractivity contribution is 5.80. The molecule has 4 nitrogen and oxygen atoms in total. The molecule has 0 spiro atoms. The van der Waals surface area contributed by atoms with E-state index in [0.717, 1.165) is 0 Å². The Morgan fingerprint density at radius 2 is 2.00 bits per heavy atom. The summed E-state index contributed by atoms with van der Waals surface area (Å²) in [4.78, 5) is 23.7. The van der Waals surface area contributed by atoms with Gasteiger partial charge in [0, 0.05) is 26.4 Å². The summed E-state index contributed by atoms with van der Waals surface area (Å²) in [6, 6.07) is 0. The number of carbonyl (C=O) groups is 2. The number of hydrogen-bond acceptors (Lipinski definition) is 3. The predicted molar refractivity (Wildman–Crippen MR) is 51.5 cm³/mol. The number of ketones is 1. The average Bonchev–Trinajstić information content (AvgIpc) is 2.13. The molecule has 4 heteroatoms. The van der Waals surface area contributed by atoms with Gasteiger partial charge in [0.2, 0.25) is 5.91 Å². The summed E-state index contributed by atoms with van der Waals surface area (Å²) in [5.74, 6) is 0.218. The second kappa shape index (κ2) is 6.60. The van der Waals surface area contributed by atoms with E-state index in [1.54, 1.807) is 7.05 Å². The largest absolute Gasteiger partial charge is 0.359 e. The lowest BCUT2D eigenvalue weighted by atomic mass is 10.3. The summed E-state index contributed by atoms with van der Waals surface area (Å²) in [6.45, 7) is 2.91. The predicted octanol–water partition coefficient (Wildman–Crippen LogP) is 0.0334. The molecule has 0 aromatic carbocycles. The Kier molecular flexibility index (Phi) is 6.14. The second-order valence-electron chi connectivity index (χ2n) is 3.05. The van der Waals surface area contributed by atoms with Crippen LogP contribution in [-0.2, 0) is 9.59 Å². The molecule has 0 saturated heterocycles. The van der Waals surface area contributed by atoms with Crippen LogP contribution in [0.2, 0.25) is 0 Å². The van der Waals surface area contributed by atoms with Crippen LogP contribution in [0.15, 0.2) is 0 Å². The van der Waals surface area contributed by atoms with Crippen LogP contribution in [0.3, 0.4) is 0 Å². The number of likely N-dealkylation sites (N-methyl/N-ethyl adjacent to an activating group) is 1. The van der Waals surface area contributed by atoms with Crippen molar-refractivity contribution in [1.82, 2.24) is 10.2 Å². The van der Waals surface area contributed by atoms with Crippen LogP contribution < -0.4 is 5.32 Å². The number of carbonyl (C=O) groups excluding carboxylic acids is 2. The molecule has 13 heavy (non-hydrogen) atoms. The van der Waals surface area contributed by atoms with Gasteiger partial charge in [-0.3, -0.25) is 14.5 Å². The fraction of sp³-hybridized carbons (Fsp3) is 0.778. The Bertz CT molecular complexity index is 180. The summed E-state index contributed by atoms with van der Waals surface area (Å²) in [6.07, 6.45) is 1.01. The molecule has 0 aliphatic carbocycles. The molecule has 0 heterocycles. The Labute approximate surface area is 79.3 Å². The van der Waals surface area contributed by atoms with Crippen LogP contribution in [0.4, 0.5) is 0 Å². The summed E-state index contributed by atoms with van der Waals surface area (Å²) in [5.41, 5.74) is 0. The van der Waals surface area contributed by atoms with Gasteiger partial charge in [-0.25, -0.2) is 0 Å². The third kappa shape index (κ3) is 6.28. The monoisotopic (exact) mass is 186 g/mol. The molecule has 0 bridgehead atoms. The van der Waals surface area contributed by atoms with Gasteiger partial charge in [0.25, 0.3) is 0 Å². The van der Waals surface area contributed by atoms with Gasteiger partial charge in [0.15, 0.2) is 0 Å². The first kappa shape index (κ1) is 12.1. The van der Waals surface area contributed by atoms with Crippen LogP contribution in [0.25, 0.3) is 0 Å². The molecular weight excluding hydrogens is 168 g/mol. The van der Waals surface area contributed by atoms with Gasteiger partial charge in [0.1, 0.15) is 5.78 Å². The van der Waals surface area contributed by atoms with Crippen LogP contribution in [-0.4, -0.2) is 43.8 Å². The zero-order valence-corrected chi connectivity index (χ0v) is 8.59. The first-order chi connectivity index (χ1) is 6.10. The van der Waals surface area contributed by atoms with Crippen molar-refractivity contribution >= 4 is 11.7 Å². The molecule has 0 saturated carbocycles. The molecule has 0 aromatic heterocycles. The highest BCUT2D eigenvalue weighted by Gasteiger charge is 2.05. The maximum atomic E-state index is 11.0. The smallest absolute Gasteiger partial charge is 0.221 e. The van der Waals surface area contributed by atoms with Gasteiger partial charge in [-0.05, 0) is 7.05 Å². The normalized spacial score (nSPS) is 10.2. The minimum absolute atomic E-state index is 0.01000. The van der Waals surface area contributed by atoms with Crippen LogP contribution in [0.1, 0.15) is 19.8 Å². The SMILES string of the molecule is CCC(=O)CN(C)CCC(=O)NC. The van der Waals surface area contributed by atoms with E-state index >= 15 is 0 Å². The van der Waals surface area contributed by atoms with Gasteiger partial charge in [-0.15, -0.1) is 0 Å². The van der Waals surface area contributed by atoms with E-state index in [2.05, 4.69) is 5.32 Å². The molecule has 0 aliphatic heterocycles. The molecule has 0 rings (SSSR count). The van der Waals surface area contributed by atoms with E-state index in [1.807, 2.05) is 18.9 Å². The third-order valence-corrected chi connectivity index (χ3v) is 1.84. The van der Waals surface area contributed by atoms with Crippen LogP contribution in [0.5, 0.6) is 0 Å². The molecule has 0 radical (unpaired) electrons. The van der Waals surface area contributed by atoms with Gasteiger partial charge >= 0.3 is 0 Å². The summed E-state index contributed by atoms with van der Waals surface area (Å²) < 4.78 is 0. The van der Waals surface area contributed by atoms with Gasteiger partial charge in [0.05, 0.1) is 6.54 Å². The molecule has 0 aliphatic rings. The number of amides is 1. The number of nitrogens with zero attached hydrogens (tertiary/aromatic N) is 1. The van der Waals surface area contributed by atoms with Gasteiger partial charge < -0.3 is 5.32 Å². The van der Waals surface area contributed by atoms with Crippen molar-refractivity contribution in [3.8, 4) is 0 Å². The molecular formula is C9H18N2O2. The van der Waals surface area contributed by atoms with E-state index in [1.165, 1.54) is 0 Å². The number of hydrogen-bond donors (Lipinski definition) is 1. The first-order valence-corrected chi connectivity index (χ1v) is 4.51. The van der Waals surface area contributed by atoms with Crippen LogP contribution >= 0.6 is 0 Å². The quantitative estimate of drug-likeness (QED) is 0.637. The molecule has 76 valence electrons. The Balaban J connectivity index is 3.56. The Morgan fingerprint density at radius 1 is 1.38 bits per heavy atom. The van der Waals surface area contributed by atoms with E-state index in [0.29, 0.717) is 25.9 Å². The molecule has 1 amide bonds. The van der Waals surface area contributed by atoms with E-state index < -0.39 is 0 Å². The topological polar surface area (TPSA) is 49.4 Å². The molecule has 1 N–H and O–H groups in total. The Hall–Kier alpha value is -0.900. The van der Waals surface area contributed by atoms with Crippen molar-refractivity contribution in [2.24, 2.45) is 0 Å². The minimum Gasteiger partial charge on any atom is -0.359 e. The number of rotatable bonds is 6. The summed E-state index contributed by atoms with van der Waals surface area (Å²) in [7, 11) is 3.45. The van der Waals surface area contributed by atoms with Gasteiger partial charge in [-0.2, -0.15) is 0 Å². The highest BCUT2D eigenvalue weighted by Crippen LogP contribution is 1.90. The zero-order valence-electron chi connectivity index (χ0n) is 8.59. The molecule has 0 atom stereocenters. The van der Waals surface area contributed by atoms with Crippen molar-refractivity contribution in [3.05, 3.63) is 0 Å². The lowest BCUT2D eigenvalue weighted by Gasteiger charge is -2.14. The fourth-order valence-corrected chi connectivity index (χ4v) is 0.909. The highest BCUT2D eigenvalue weighted by atomic mass is 16.1. The van der Waals surface area contributed by atoms with Crippen molar-refractivity contribution in [2.75, 3.05) is 27.2 Å². The lowest BCUT2D eigenvalue weighted by Crippen LogP contribution is -2.30.